The summed E-state index contributed by atoms with van der Waals surface area (Å²) in [6, 6.07) is 3.61. The van der Waals surface area contributed by atoms with Gasteiger partial charge in [-0.25, -0.2) is 13.1 Å². The number of nitrogens with one attached hydrogen (secondary N) is 2. The van der Waals surface area contributed by atoms with E-state index in [2.05, 4.69) is 10.0 Å². The Kier molecular flexibility index (Phi) is 3.63. The zero-order valence-electron chi connectivity index (χ0n) is 9.19. The van der Waals surface area contributed by atoms with Gasteiger partial charge in [0.1, 0.15) is 4.21 Å². The lowest BCUT2D eigenvalue weighted by atomic mass is 10.3. The molecule has 1 aromatic heterocycles. The van der Waals surface area contributed by atoms with E-state index < -0.39 is 10.0 Å². The maximum Gasteiger partial charge on any atom is 0.250 e. The number of rotatable bonds is 4. The molecule has 1 aromatic rings. The van der Waals surface area contributed by atoms with E-state index >= 15 is 0 Å². The van der Waals surface area contributed by atoms with Gasteiger partial charge in [-0.3, -0.25) is 0 Å². The van der Waals surface area contributed by atoms with Gasteiger partial charge >= 0.3 is 0 Å². The lowest BCUT2D eigenvalue weighted by molar-refractivity contribution is 0.562. The van der Waals surface area contributed by atoms with Crippen LogP contribution in [0.25, 0.3) is 0 Å². The zero-order valence-corrected chi connectivity index (χ0v) is 10.8. The topological polar surface area (TPSA) is 58.2 Å². The van der Waals surface area contributed by atoms with Crippen molar-refractivity contribution in [2.75, 3.05) is 13.1 Å². The third-order valence-corrected chi connectivity index (χ3v) is 5.87. The first-order valence-electron chi connectivity index (χ1n) is 5.43. The van der Waals surface area contributed by atoms with Crippen LogP contribution < -0.4 is 10.0 Å². The number of hydrogen-bond acceptors (Lipinski definition) is 4. The second-order valence-corrected chi connectivity index (χ2v) is 6.99. The van der Waals surface area contributed by atoms with Gasteiger partial charge in [-0.05, 0) is 31.5 Å². The van der Waals surface area contributed by atoms with Crippen molar-refractivity contribution >= 4 is 21.4 Å². The lowest BCUT2D eigenvalue weighted by Crippen LogP contribution is -2.35. The molecule has 1 saturated heterocycles. The highest BCUT2D eigenvalue weighted by atomic mass is 32.2. The molecule has 0 aliphatic carbocycles. The van der Waals surface area contributed by atoms with Gasteiger partial charge in [-0.2, -0.15) is 0 Å². The average molecular weight is 260 g/mol. The molecule has 0 spiro atoms. The molecule has 6 heteroatoms. The summed E-state index contributed by atoms with van der Waals surface area (Å²) in [4.78, 5) is 1.10. The molecule has 2 rings (SSSR count). The molecule has 1 aliphatic heterocycles. The Morgan fingerprint density at radius 1 is 1.56 bits per heavy atom. The van der Waals surface area contributed by atoms with Crippen molar-refractivity contribution in [2.24, 2.45) is 0 Å². The molecule has 0 bridgehead atoms. The Morgan fingerprint density at radius 3 is 2.94 bits per heavy atom. The first-order chi connectivity index (χ1) is 7.62. The predicted octanol–water partition coefficient (Wildman–Crippen LogP) is 0.951. The number of thiophene rings is 1. The first-order valence-corrected chi connectivity index (χ1v) is 7.73. The fourth-order valence-corrected chi connectivity index (χ4v) is 4.31. The van der Waals surface area contributed by atoms with Crippen LogP contribution in [0.5, 0.6) is 0 Å². The predicted molar refractivity (Wildman–Crippen MR) is 65.3 cm³/mol. The van der Waals surface area contributed by atoms with E-state index in [0.29, 0.717) is 4.21 Å². The SMILES string of the molecule is CCc1ccc(S(=O)(=O)N[C@@H]2CCNC2)s1. The summed E-state index contributed by atoms with van der Waals surface area (Å²) >= 11 is 1.35. The Morgan fingerprint density at radius 2 is 2.38 bits per heavy atom. The van der Waals surface area contributed by atoms with Crippen LogP contribution in [0.15, 0.2) is 16.3 Å². The zero-order chi connectivity index (χ0) is 11.6. The molecule has 90 valence electrons. The molecule has 1 aliphatic rings. The van der Waals surface area contributed by atoms with Crippen LogP contribution in [-0.2, 0) is 16.4 Å². The maximum absolute atomic E-state index is 12.0. The average Bonchev–Trinajstić information content (AvgIpc) is 2.85. The number of aryl methyl sites for hydroxylation is 1. The van der Waals surface area contributed by atoms with Crippen LogP contribution in [0.3, 0.4) is 0 Å². The second-order valence-electron chi connectivity index (χ2n) is 3.89. The summed E-state index contributed by atoms with van der Waals surface area (Å²) in [6.45, 7) is 3.64. The van der Waals surface area contributed by atoms with Gasteiger partial charge in [-0.1, -0.05) is 6.92 Å². The normalized spacial score (nSPS) is 21.4. The Balaban J connectivity index is 2.11. The van der Waals surface area contributed by atoms with Crippen molar-refractivity contribution in [1.29, 1.82) is 0 Å². The van der Waals surface area contributed by atoms with Crippen LogP contribution in [-0.4, -0.2) is 27.5 Å². The Bertz CT molecular complexity index is 447. The molecule has 1 fully saturated rings. The smallest absolute Gasteiger partial charge is 0.250 e. The molecule has 2 N–H and O–H groups in total. The minimum absolute atomic E-state index is 0.0391. The molecule has 0 saturated carbocycles. The third kappa shape index (κ3) is 2.63. The van der Waals surface area contributed by atoms with Crippen LogP contribution in [0.4, 0.5) is 0 Å². The second kappa shape index (κ2) is 4.83. The lowest BCUT2D eigenvalue weighted by Gasteiger charge is -2.10. The molecular weight excluding hydrogens is 244 g/mol. The molecule has 0 amide bonds. The summed E-state index contributed by atoms with van der Waals surface area (Å²) in [5.74, 6) is 0. The van der Waals surface area contributed by atoms with Crippen molar-refractivity contribution in [1.82, 2.24) is 10.0 Å². The van der Waals surface area contributed by atoms with Crippen LogP contribution in [0.1, 0.15) is 18.2 Å². The monoisotopic (exact) mass is 260 g/mol. The van der Waals surface area contributed by atoms with E-state index in [1.54, 1.807) is 6.07 Å². The maximum atomic E-state index is 12.0. The molecule has 0 aromatic carbocycles. The minimum atomic E-state index is -3.30. The van der Waals surface area contributed by atoms with Crippen molar-refractivity contribution in [2.45, 2.75) is 30.0 Å². The van der Waals surface area contributed by atoms with Gasteiger partial charge in [0.2, 0.25) is 10.0 Å². The highest BCUT2D eigenvalue weighted by Gasteiger charge is 2.23. The highest BCUT2D eigenvalue weighted by Crippen LogP contribution is 2.22. The molecular formula is C10H16N2O2S2. The summed E-state index contributed by atoms with van der Waals surface area (Å²) < 4.78 is 27.1. The van der Waals surface area contributed by atoms with E-state index in [0.717, 1.165) is 30.8 Å². The minimum Gasteiger partial charge on any atom is -0.315 e. The van der Waals surface area contributed by atoms with Gasteiger partial charge in [0.15, 0.2) is 0 Å². The highest BCUT2D eigenvalue weighted by molar-refractivity contribution is 7.91. The molecule has 2 heterocycles. The summed E-state index contributed by atoms with van der Waals surface area (Å²) in [6.07, 6.45) is 1.75. The van der Waals surface area contributed by atoms with Crippen molar-refractivity contribution in [3.8, 4) is 0 Å². The van der Waals surface area contributed by atoms with Crippen molar-refractivity contribution in [3.63, 3.8) is 0 Å². The molecule has 1 atom stereocenters. The van der Waals surface area contributed by atoms with E-state index in [1.807, 2.05) is 13.0 Å². The summed E-state index contributed by atoms with van der Waals surface area (Å²) in [5, 5.41) is 3.14. The number of hydrogen-bond donors (Lipinski definition) is 2. The van der Waals surface area contributed by atoms with Gasteiger partial charge < -0.3 is 5.32 Å². The largest absolute Gasteiger partial charge is 0.315 e. The van der Waals surface area contributed by atoms with Crippen molar-refractivity contribution in [3.05, 3.63) is 17.0 Å². The Labute approximate surface area is 100 Å². The standard InChI is InChI=1S/C10H16N2O2S2/c1-2-9-3-4-10(15-9)16(13,14)12-8-5-6-11-7-8/h3-4,8,11-12H,2,5-7H2,1H3/t8-/m1/s1. The molecule has 4 nitrogen and oxygen atoms in total. The summed E-state index contributed by atoms with van der Waals surface area (Å²) in [7, 11) is -3.30. The van der Waals surface area contributed by atoms with Gasteiger partial charge in [0.05, 0.1) is 0 Å². The first kappa shape index (κ1) is 12.0. The van der Waals surface area contributed by atoms with Gasteiger partial charge in [0.25, 0.3) is 0 Å². The van der Waals surface area contributed by atoms with Gasteiger partial charge in [-0.15, -0.1) is 11.3 Å². The summed E-state index contributed by atoms with van der Waals surface area (Å²) in [5.41, 5.74) is 0. The van der Waals surface area contributed by atoms with Crippen LogP contribution >= 0.6 is 11.3 Å². The van der Waals surface area contributed by atoms with E-state index in [9.17, 15) is 8.42 Å². The van der Waals surface area contributed by atoms with E-state index in [1.165, 1.54) is 11.3 Å². The quantitative estimate of drug-likeness (QED) is 0.847. The Hall–Kier alpha value is -0.430. The van der Waals surface area contributed by atoms with Gasteiger partial charge in [0, 0.05) is 17.5 Å². The number of sulfonamides is 1. The molecule has 16 heavy (non-hydrogen) atoms. The van der Waals surface area contributed by atoms with E-state index in [-0.39, 0.29) is 6.04 Å². The van der Waals surface area contributed by atoms with Crippen molar-refractivity contribution < 1.29 is 8.42 Å². The van der Waals surface area contributed by atoms with E-state index in [4.69, 9.17) is 0 Å². The molecule has 0 unspecified atom stereocenters. The third-order valence-electron chi connectivity index (χ3n) is 2.63. The van der Waals surface area contributed by atoms with Crippen LogP contribution in [0.2, 0.25) is 0 Å². The van der Waals surface area contributed by atoms with Crippen LogP contribution in [0, 0.1) is 0 Å². The molecule has 0 radical (unpaired) electrons. The fraction of sp³-hybridized carbons (Fsp3) is 0.600. The fourth-order valence-electron chi connectivity index (χ4n) is 1.73.